The van der Waals surface area contributed by atoms with Crippen molar-refractivity contribution in [3.05, 3.63) is 59.9 Å². The Balaban J connectivity index is 1.83. The van der Waals surface area contributed by atoms with E-state index in [2.05, 4.69) is 28.4 Å². The second kappa shape index (κ2) is 6.17. The molecule has 2 aromatic rings. The number of nitrogens with one attached hydrogen (secondary N) is 1. The second-order valence-corrected chi connectivity index (χ2v) is 5.60. The average Bonchev–Trinajstić information content (AvgIpc) is 3.02. The van der Waals surface area contributed by atoms with E-state index in [1.165, 1.54) is 24.6 Å². The van der Waals surface area contributed by atoms with Crippen molar-refractivity contribution < 1.29 is 4.39 Å². The van der Waals surface area contributed by atoms with Crippen molar-refractivity contribution >= 4 is 11.4 Å². The van der Waals surface area contributed by atoms with E-state index in [0.29, 0.717) is 5.56 Å². The van der Waals surface area contributed by atoms with Crippen LogP contribution >= 0.6 is 0 Å². The molecule has 2 nitrogen and oxygen atoms in total. The number of rotatable bonds is 4. The van der Waals surface area contributed by atoms with E-state index >= 15 is 0 Å². The summed E-state index contributed by atoms with van der Waals surface area (Å²) in [6.45, 7) is 4.21. The maximum absolute atomic E-state index is 13.9. The van der Waals surface area contributed by atoms with Crippen LogP contribution in [0.4, 0.5) is 15.8 Å². The van der Waals surface area contributed by atoms with Crippen molar-refractivity contribution in [1.29, 1.82) is 0 Å². The van der Waals surface area contributed by atoms with Crippen LogP contribution < -0.4 is 10.2 Å². The molecule has 1 unspecified atom stereocenters. The summed E-state index contributed by atoms with van der Waals surface area (Å²) in [4.78, 5) is 2.40. The Bertz CT molecular complexity index is 606. The van der Waals surface area contributed by atoms with Gasteiger partial charge in [0.15, 0.2) is 0 Å². The monoisotopic (exact) mass is 284 g/mol. The maximum Gasteiger partial charge on any atom is 0.128 e. The van der Waals surface area contributed by atoms with E-state index in [9.17, 15) is 4.39 Å². The molecule has 2 aromatic carbocycles. The van der Waals surface area contributed by atoms with Crippen molar-refractivity contribution in [1.82, 2.24) is 0 Å². The third-order valence-corrected chi connectivity index (χ3v) is 4.09. The average molecular weight is 284 g/mol. The molecule has 21 heavy (non-hydrogen) atoms. The molecule has 0 radical (unpaired) electrons. The lowest BCUT2D eigenvalue weighted by molar-refractivity contribution is 0.600. The van der Waals surface area contributed by atoms with Gasteiger partial charge in [0.1, 0.15) is 5.82 Å². The lowest BCUT2D eigenvalue weighted by Crippen LogP contribution is -2.20. The fraction of sp³-hybridized carbons (Fsp3) is 0.333. The summed E-state index contributed by atoms with van der Waals surface area (Å²) in [5.74, 6) is -0.156. The zero-order chi connectivity index (χ0) is 14.7. The Morgan fingerprint density at radius 3 is 2.43 bits per heavy atom. The van der Waals surface area contributed by atoms with Gasteiger partial charge in [-0.2, -0.15) is 0 Å². The van der Waals surface area contributed by atoms with Crippen LogP contribution in [0.5, 0.6) is 0 Å². The predicted octanol–water partition coefficient (Wildman–Crippen LogP) is 4.60. The summed E-state index contributed by atoms with van der Waals surface area (Å²) in [6, 6.07) is 15.2. The van der Waals surface area contributed by atoms with Gasteiger partial charge >= 0.3 is 0 Å². The minimum atomic E-state index is -0.156. The molecule has 1 heterocycles. The Morgan fingerprint density at radius 2 is 1.67 bits per heavy atom. The molecule has 1 fully saturated rings. The third-order valence-electron chi connectivity index (χ3n) is 4.09. The van der Waals surface area contributed by atoms with Crippen molar-refractivity contribution in [3.8, 4) is 0 Å². The van der Waals surface area contributed by atoms with Gasteiger partial charge in [0.25, 0.3) is 0 Å². The van der Waals surface area contributed by atoms with Crippen molar-refractivity contribution in [3.63, 3.8) is 0 Å². The molecule has 1 aliphatic heterocycles. The molecule has 0 aliphatic carbocycles. The van der Waals surface area contributed by atoms with Gasteiger partial charge in [-0.25, -0.2) is 4.39 Å². The van der Waals surface area contributed by atoms with Gasteiger partial charge in [0.05, 0.1) is 17.4 Å². The van der Waals surface area contributed by atoms with Gasteiger partial charge in [0.2, 0.25) is 0 Å². The molecule has 3 rings (SSSR count). The summed E-state index contributed by atoms with van der Waals surface area (Å²) < 4.78 is 13.9. The SMILES string of the molecule is CC(Nc1ccccc1N1CCCC1)c1ccccc1F. The summed E-state index contributed by atoms with van der Waals surface area (Å²) in [7, 11) is 0. The molecular formula is C18H21FN2. The smallest absolute Gasteiger partial charge is 0.128 e. The molecule has 0 aromatic heterocycles. The Kier molecular flexibility index (Phi) is 4.09. The zero-order valence-electron chi connectivity index (χ0n) is 12.3. The fourth-order valence-electron chi connectivity index (χ4n) is 2.97. The molecule has 0 bridgehead atoms. The number of hydrogen-bond donors (Lipinski definition) is 1. The fourth-order valence-corrected chi connectivity index (χ4v) is 2.97. The number of para-hydroxylation sites is 2. The van der Waals surface area contributed by atoms with Crippen LogP contribution in [-0.4, -0.2) is 13.1 Å². The molecule has 1 saturated heterocycles. The van der Waals surface area contributed by atoms with Gasteiger partial charge in [-0.3, -0.25) is 0 Å². The number of anilines is 2. The lowest BCUT2D eigenvalue weighted by atomic mass is 10.1. The summed E-state index contributed by atoms with van der Waals surface area (Å²) in [5, 5.41) is 3.46. The van der Waals surface area contributed by atoms with Gasteiger partial charge < -0.3 is 10.2 Å². The van der Waals surface area contributed by atoms with Crippen LogP contribution in [0, 0.1) is 5.82 Å². The van der Waals surface area contributed by atoms with Crippen LogP contribution in [0.1, 0.15) is 31.4 Å². The van der Waals surface area contributed by atoms with Crippen LogP contribution in [0.3, 0.4) is 0 Å². The molecular weight excluding hydrogens is 263 g/mol. The van der Waals surface area contributed by atoms with E-state index in [0.717, 1.165) is 18.8 Å². The van der Waals surface area contributed by atoms with E-state index in [4.69, 9.17) is 0 Å². The zero-order valence-corrected chi connectivity index (χ0v) is 12.3. The van der Waals surface area contributed by atoms with Crippen molar-refractivity contribution in [2.45, 2.75) is 25.8 Å². The highest BCUT2D eigenvalue weighted by molar-refractivity contribution is 5.70. The number of halogens is 1. The topological polar surface area (TPSA) is 15.3 Å². The largest absolute Gasteiger partial charge is 0.377 e. The molecule has 1 aliphatic rings. The first-order chi connectivity index (χ1) is 10.3. The highest BCUT2D eigenvalue weighted by atomic mass is 19.1. The minimum absolute atomic E-state index is 0.0602. The van der Waals surface area contributed by atoms with E-state index in [1.807, 2.05) is 25.1 Å². The summed E-state index contributed by atoms with van der Waals surface area (Å²) in [6.07, 6.45) is 2.49. The first-order valence-electron chi connectivity index (χ1n) is 7.60. The van der Waals surface area contributed by atoms with E-state index < -0.39 is 0 Å². The van der Waals surface area contributed by atoms with Crippen LogP contribution in [-0.2, 0) is 0 Å². The standard InChI is InChI=1S/C18H21FN2/c1-14(15-8-2-3-9-16(15)19)20-17-10-4-5-11-18(17)21-12-6-7-13-21/h2-5,8-11,14,20H,6-7,12-13H2,1H3. The van der Waals surface area contributed by atoms with Crippen LogP contribution in [0.15, 0.2) is 48.5 Å². The maximum atomic E-state index is 13.9. The Labute approximate surface area is 125 Å². The van der Waals surface area contributed by atoms with Gasteiger partial charge in [-0.15, -0.1) is 0 Å². The first kappa shape index (κ1) is 13.9. The lowest BCUT2D eigenvalue weighted by Gasteiger charge is -2.24. The molecule has 0 amide bonds. The molecule has 1 N–H and O–H groups in total. The van der Waals surface area contributed by atoms with Gasteiger partial charge in [-0.1, -0.05) is 30.3 Å². The second-order valence-electron chi connectivity index (χ2n) is 5.60. The van der Waals surface area contributed by atoms with Gasteiger partial charge in [-0.05, 0) is 38.0 Å². The molecule has 0 spiro atoms. The number of nitrogens with zero attached hydrogens (tertiary/aromatic N) is 1. The molecule has 110 valence electrons. The van der Waals surface area contributed by atoms with E-state index in [-0.39, 0.29) is 11.9 Å². The van der Waals surface area contributed by atoms with Crippen LogP contribution in [0.25, 0.3) is 0 Å². The first-order valence-corrected chi connectivity index (χ1v) is 7.60. The molecule has 3 heteroatoms. The molecule has 1 atom stereocenters. The van der Waals surface area contributed by atoms with Gasteiger partial charge in [0, 0.05) is 18.7 Å². The molecule has 0 saturated carbocycles. The number of benzene rings is 2. The minimum Gasteiger partial charge on any atom is -0.377 e. The quantitative estimate of drug-likeness (QED) is 0.882. The van der Waals surface area contributed by atoms with Crippen LogP contribution in [0.2, 0.25) is 0 Å². The summed E-state index contributed by atoms with van der Waals surface area (Å²) in [5.41, 5.74) is 3.00. The third kappa shape index (κ3) is 3.02. The van der Waals surface area contributed by atoms with Crippen molar-refractivity contribution in [2.24, 2.45) is 0 Å². The highest BCUT2D eigenvalue weighted by Gasteiger charge is 2.17. The Morgan fingerprint density at radius 1 is 1.00 bits per heavy atom. The normalized spacial score (nSPS) is 16.0. The summed E-state index contributed by atoms with van der Waals surface area (Å²) >= 11 is 0. The number of hydrogen-bond acceptors (Lipinski definition) is 2. The Hall–Kier alpha value is -2.03. The predicted molar refractivity (Wildman–Crippen MR) is 86.3 cm³/mol. The van der Waals surface area contributed by atoms with E-state index in [1.54, 1.807) is 6.07 Å². The van der Waals surface area contributed by atoms with Crippen molar-refractivity contribution in [2.75, 3.05) is 23.3 Å². The highest BCUT2D eigenvalue weighted by Crippen LogP contribution is 2.31.